The van der Waals surface area contributed by atoms with E-state index in [1.807, 2.05) is 6.07 Å². The second kappa shape index (κ2) is 8.26. The molecule has 0 atom stereocenters. The van der Waals surface area contributed by atoms with Gasteiger partial charge in [0.15, 0.2) is 5.78 Å². The first kappa shape index (κ1) is 17.7. The van der Waals surface area contributed by atoms with E-state index in [-0.39, 0.29) is 5.78 Å². The van der Waals surface area contributed by atoms with Crippen molar-refractivity contribution in [1.82, 2.24) is 5.32 Å². The molecule has 1 heterocycles. The van der Waals surface area contributed by atoms with Crippen LogP contribution in [0.3, 0.4) is 0 Å². The van der Waals surface area contributed by atoms with E-state index in [0.29, 0.717) is 29.3 Å². The van der Waals surface area contributed by atoms with Crippen molar-refractivity contribution >= 4 is 34.6 Å². The van der Waals surface area contributed by atoms with Crippen LogP contribution in [0.1, 0.15) is 21.5 Å². The molecule has 1 aromatic heterocycles. The summed E-state index contributed by atoms with van der Waals surface area (Å²) in [6.45, 7) is 1.83. The number of para-hydroxylation sites is 2. The zero-order valence-corrected chi connectivity index (χ0v) is 14.2. The molecule has 2 rings (SSSR count). The molecule has 6 nitrogen and oxygen atoms in total. The third-order valence-electron chi connectivity index (χ3n) is 3.23. The van der Waals surface area contributed by atoms with Crippen LogP contribution < -0.4 is 15.4 Å². The lowest BCUT2D eigenvalue weighted by Gasteiger charge is -2.09. The highest BCUT2D eigenvalue weighted by molar-refractivity contribution is 7.14. The molecule has 0 aliphatic carbocycles. The molecule has 0 aliphatic rings. The molecule has 0 saturated heterocycles. The number of ketones is 1. The molecule has 24 heavy (non-hydrogen) atoms. The van der Waals surface area contributed by atoms with Crippen molar-refractivity contribution in [3.63, 3.8) is 0 Å². The smallest absolute Gasteiger partial charge is 0.313 e. The minimum atomic E-state index is -0.755. The Morgan fingerprint density at radius 2 is 1.83 bits per heavy atom. The normalized spacial score (nSPS) is 10.1. The van der Waals surface area contributed by atoms with Crippen molar-refractivity contribution in [2.75, 3.05) is 19.0 Å². The van der Waals surface area contributed by atoms with Crippen molar-refractivity contribution < 1.29 is 19.1 Å². The predicted molar refractivity (Wildman–Crippen MR) is 92.7 cm³/mol. The summed E-state index contributed by atoms with van der Waals surface area (Å²) in [6.07, 6.45) is 0.561. The number of anilines is 1. The van der Waals surface area contributed by atoms with Crippen LogP contribution in [-0.2, 0) is 16.0 Å². The Kier molecular flexibility index (Phi) is 6.08. The van der Waals surface area contributed by atoms with Crippen LogP contribution in [0.4, 0.5) is 5.69 Å². The van der Waals surface area contributed by atoms with E-state index in [1.165, 1.54) is 25.4 Å². The first-order valence-corrected chi connectivity index (χ1v) is 8.14. The lowest BCUT2D eigenvalue weighted by molar-refractivity contribution is -0.136. The van der Waals surface area contributed by atoms with E-state index in [9.17, 15) is 14.4 Å². The van der Waals surface area contributed by atoms with Gasteiger partial charge in [-0.25, -0.2) is 0 Å². The molecule has 0 unspecified atom stereocenters. The molecular formula is C17H18N2O4S. The molecule has 126 valence electrons. The minimum absolute atomic E-state index is 0.0199. The lowest BCUT2D eigenvalue weighted by Crippen LogP contribution is -2.36. The van der Waals surface area contributed by atoms with Crippen molar-refractivity contribution in [1.29, 1.82) is 0 Å². The van der Waals surface area contributed by atoms with Gasteiger partial charge in [-0.1, -0.05) is 12.1 Å². The highest BCUT2D eigenvalue weighted by Gasteiger charge is 2.15. The van der Waals surface area contributed by atoms with Gasteiger partial charge in [-0.2, -0.15) is 0 Å². The first-order chi connectivity index (χ1) is 11.5. The molecule has 2 aromatic rings. The van der Waals surface area contributed by atoms with Crippen LogP contribution in [0.25, 0.3) is 0 Å². The molecule has 0 aliphatic heterocycles. The van der Waals surface area contributed by atoms with Crippen molar-refractivity contribution in [3.05, 3.63) is 46.2 Å². The van der Waals surface area contributed by atoms with Gasteiger partial charge in [0.2, 0.25) is 0 Å². The topological polar surface area (TPSA) is 84.5 Å². The van der Waals surface area contributed by atoms with Gasteiger partial charge in [-0.05, 0) is 37.6 Å². The van der Waals surface area contributed by atoms with Gasteiger partial charge in [0.1, 0.15) is 5.75 Å². The van der Waals surface area contributed by atoms with Crippen LogP contribution in [0, 0.1) is 0 Å². The number of Topliss-reactive ketones (excluding diaryl/α,β-unsaturated/α-hetero) is 1. The lowest BCUT2D eigenvalue weighted by atomic mass is 10.3. The largest absolute Gasteiger partial charge is 0.495 e. The van der Waals surface area contributed by atoms with Crippen LogP contribution in [0.15, 0.2) is 36.4 Å². The monoisotopic (exact) mass is 346 g/mol. The Hall–Kier alpha value is -2.67. The summed E-state index contributed by atoms with van der Waals surface area (Å²) in [7, 11) is 1.49. The van der Waals surface area contributed by atoms with Gasteiger partial charge < -0.3 is 15.4 Å². The number of carbonyl (C=O) groups is 3. The number of methoxy groups -OCH3 is 1. The summed E-state index contributed by atoms with van der Waals surface area (Å²) in [5, 5.41) is 5.07. The zero-order chi connectivity index (χ0) is 17.5. The highest BCUT2D eigenvalue weighted by Crippen LogP contribution is 2.22. The van der Waals surface area contributed by atoms with Gasteiger partial charge in [-0.15, -0.1) is 11.3 Å². The minimum Gasteiger partial charge on any atom is -0.495 e. The van der Waals surface area contributed by atoms with Gasteiger partial charge >= 0.3 is 11.8 Å². The number of amides is 2. The number of carbonyl (C=O) groups excluding carboxylic acids is 3. The maximum atomic E-state index is 11.9. The number of ether oxygens (including phenoxy) is 1. The third-order valence-corrected chi connectivity index (χ3v) is 4.47. The molecule has 0 bridgehead atoms. The number of hydrogen-bond donors (Lipinski definition) is 2. The van der Waals surface area contributed by atoms with Gasteiger partial charge in [-0.3, -0.25) is 14.4 Å². The van der Waals surface area contributed by atoms with E-state index in [4.69, 9.17) is 4.74 Å². The summed E-state index contributed by atoms with van der Waals surface area (Å²) < 4.78 is 5.11. The van der Waals surface area contributed by atoms with Crippen molar-refractivity contribution in [3.8, 4) is 5.75 Å². The van der Waals surface area contributed by atoms with Crippen LogP contribution in [-0.4, -0.2) is 31.3 Å². The summed E-state index contributed by atoms with van der Waals surface area (Å²) >= 11 is 1.39. The Morgan fingerprint density at radius 3 is 2.50 bits per heavy atom. The number of nitrogens with one attached hydrogen (secondary N) is 2. The number of hydrogen-bond acceptors (Lipinski definition) is 5. The summed E-state index contributed by atoms with van der Waals surface area (Å²) in [6, 6.07) is 10.5. The number of benzene rings is 1. The molecule has 0 fully saturated rings. The first-order valence-electron chi connectivity index (χ1n) is 7.33. The summed E-state index contributed by atoms with van der Waals surface area (Å²) in [5.41, 5.74) is 0.435. The molecule has 2 amide bonds. The molecule has 0 saturated carbocycles. The molecular weight excluding hydrogens is 328 g/mol. The van der Waals surface area contributed by atoms with Gasteiger partial charge in [0.05, 0.1) is 17.7 Å². The number of rotatable bonds is 6. The second-order valence-electron chi connectivity index (χ2n) is 4.98. The fourth-order valence-corrected chi connectivity index (χ4v) is 2.91. The third kappa shape index (κ3) is 4.66. The van der Waals surface area contributed by atoms with E-state index < -0.39 is 11.8 Å². The SMILES string of the molecule is COc1ccccc1NC(=O)C(=O)NCCc1ccc(C(C)=O)s1. The molecule has 7 heteroatoms. The average molecular weight is 346 g/mol. The zero-order valence-electron chi connectivity index (χ0n) is 13.4. The molecule has 2 N–H and O–H groups in total. The molecule has 0 spiro atoms. The van der Waals surface area contributed by atoms with E-state index in [0.717, 1.165) is 4.88 Å². The Labute approximate surface area is 143 Å². The fraction of sp³-hybridized carbons (Fsp3) is 0.235. The van der Waals surface area contributed by atoms with Crippen molar-refractivity contribution in [2.45, 2.75) is 13.3 Å². The number of thiophene rings is 1. The Bertz CT molecular complexity index is 755. The predicted octanol–water partition coefficient (Wildman–Crippen LogP) is 2.26. The molecule has 0 radical (unpaired) electrons. The fourth-order valence-electron chi connectivity index (χ4n) is 2.01. The van der Waals surface area contributed by atoms with Crippen LogP contribution in [0.2, 0.25) is 0 Å². The summed E-state index contributed by atoms with van der Waals surface area (Å²) in [4.78, 5) is 36.6. The second-order valence-corrected chi connectivity index (χ2v) is 6.15. The quantitative estimate of drug-likeness (QED) is 0.621. The Balaban J connectivity index is 1.83. The van der Waals surface area contributed by atoms with E-state index in [1.54, 1.807) is 30.3 Å². The maximum absolute atomic E-state index is 11.9. The van der Waals surface area contributed by atoms with Gasteiger partial charge in [0, 0.05) is 11.4 Å². The Morgan fingerprint density at radius 1 is 1.08 bits per heavy atom. The highest BCUT2D eigenvalue weighted by atomic mass is 32.1. The summed E-state index contributed by atoms with van der Waals surface area (Å²) in [5.74, 6) is -0.972. The van der Waals surface area contributed by atoms with Crippen LogP contribution >= 0.6 is 11.3 Å². The van der Waals surface area contributed by atoms with E-state index in [2.05, 4.69) is 10.6 Å². The van der Waals surface area contributed by atoms with Gasteiger partial charge in [0.25, 0.3) is 0 Å². The molecule has 1 aromatic carbocycles. The van der Waals surface area contributed by atoms with E-state index >= 15 is 0 Å². The van der Waals surface area contributed by atoms with Crippen LogP contribution in [0.5, 0.6) is 5.75 Å². The standard InChI is InChI=1S/C17H18N2O4S/c1-11(20)15-8-7-12(24-15)9-10-18-16(21)17(22)19-13-5-3-4-6-14(13)23-2/h3-8H,9-10H2,1-2H3,(H,18,21)(H,19,22). The maximum Gasteiger partial charge on any atom is 0.313 e. The average Bonchev–Trinajstić information content (AvgIpc) is 3.04. The van der Waals surface area contributed by atoms with Crippen molar-refractivity contribution in [2.24, 2.45) is 0 Å².